The molecule has 0 nitrogen and oxygen atoms in total. The average Bonchev–Trinajstić information content (AvgIpc) is 3.27. The van der Waals surface area contributed by atoms with Crippen molar-refractivity contribution >= 4 is 8.07 Å². The zero-order chi connectivity index (χ0) is 19.9. The summed E-state index contributed by atoms with van der Waals surface area (Å²) in [5.41, 5.74) is 9.72. The van der Waals surface area contributed by atoms with Gasteiger partial charge in [-0.25, -0.2) is 0 Å². The Labute approximate surface area is 171 Å². The van der Waals surface area contributed by atoms with E-state index in [0.29, 0.717) is 5.92 Å². The summed E-state index contributed by atoms with van der Waals surface area (Å²) in [5.74, 6) is 0.555. The van der Waals surface area contributed by atoms with Gasteiger partial charge < -0.3 is 0 Å². The molecular weight excluding hydrogens is 352 g/mol. The number of rotatable bonds is 2. The molecule has 2 atom stereocenters. The summed E-state index contributed by atoms with van der Waals surface area (Å²) in [6.07, 6.45) is 7.59. The molecule has 1 saturated carbocycles. The highest BCUT2D eigenvalue weighted by Gasteiger charge is 2.54. The monoisotopic (exact) mass is 384 g/mol. The molecule has 0 aromatic heterocycles. The van der Waals surface area contributed by atoms with E-state index in [2.05, 4.69) is 95.0 Å². The molecule has 0 radical (unpaired) electrons. The first kappa shape index (κ1) is 18.2. The van der Waals surface area contributed by atoms with Crippen LogP contribution >= 0.6 is 0 Å². The molecule has 2 aromatic rings. The lowest BCUT2D eigenvalue weighted by molar-refractivity contribution is 0.357. The van der Waals surface area contributed by atoms with Gasteiger partial charge in [0.2, 0.25) is 0 Å². The number of hydrogen-bond donors (Lipinski definition) is 0. The van der Waals surface area contributed by atoms with Crippen molar-refractivity contribution in [2.75, 3.05) is 0 Å². The summed E-state index contributed by atoms with van der Waals surface area (Å²) < 4.78 is 0. The van der Waals surface area contributed by atoms with Gasteiger partial charge in [0.1, 0.15) is 0 Å². The molecule has 0 bridgehead atoms. The van der Waals surface area contributed by atoms with Crippen LogP contribution in [0.4, 0.5) is 0 Å². The van der Waals surface area contributed by atoms with Crippen molar-refractivity contribution in [1.82, 2.24) is 0 Å². The van der Waals surface area contributed by atoms with Crippen LogP contribution in [0.5, 0.6) is 0 Å². The minimum atomic E-state index is -1.30. The van der Waals surface area contributed by atoms with Crippen molar-refractivity contribution < 1.29 is 0 Å². The molecule has 1 heteroatoms. The third-order valence-corrected chi connectivity index (χ3v) is 9.64. The fourth-order valence-electron chi connectivity index (χ4n) is 6.27. The minimum Gasteiger partial charge on any atom is -0.0772 e. The highest BCUT2D eigenvalue weighted by Crippen LogP contribution is 2.62. The molecule has 144 valence electrons. The lowest BCUT2D eigenvalue weighted by Gasteiger charge is -2.33. The minimum absolute atomic E-state index is 0.185. The largest absolute Gasteiger partial charge is 0.0772 e. The second kappa shape index (κ2) is 5.60. The lowest BCUT2D eigenvalue weighted by atomic mass is 9.71. The first-order chi connectivity index (χ1) is 13.1. The Balaban J connectivity index is 1.67. The van der Waals surface area contributed by atoms with Crippen molar-refractivity contribution in [3.05, 3.63) is 82.1 Å². The molecule has 1 fully saturated rings. The van der Waals surface area contributed by atoms with Gasteiger partial charge in [-0.3, -0.25) is 0 Å². The second-order valence-electron chi connectivity index (χ2n) is 11.1. The highest BCUT2D eigenvalue weighted by atomic mass is 28.3. The maximum absolute atomic E-state index is 2.66. The molecule has 5 rings (SSSR count). The van der Waals surface area contributed by atoms with Gasteiger partial charge in [-0.1, -0.05) is 106 Å². The van der Waals surface area contributed by atoms with E-state index >= 15 is 0 Å². The van der Waals surface area contributed by atoms with Gasteiger partial charge >= 0.3 is 0 Å². The molecule has 3 aliphatic carbocycles. The van der Waals surface area contributed by atoms with Crippen molar-refractivity contribution in [2.45, 2.75) is 58.7 Å². The van der Waals surface area contributed by atoms with Crippen LogP contribution in [0.3, 0.4) is 0 Å². The average molecular weight is 385 g/mol. The molecule has 0 N–H and O–H groups in total. The van der Waals surface area contributed by atoms with Crippen LogP contribution in [0.15, 0.2) is 65.4 Å². The molecule has 28 heavy (non-hydrogen) atoms. The molecule has 0 aliphatic heterocycles. The van der Waals surface area contributed by atoms with Crippen LogP contribution in [0.1, 0.15) is 43.9 Å². The zero-order valence-electron chi connectivity index (χ0n) is 18.2. The summed E-state index contributed by atoms with van der Waals surface area (Å²) in [5, 5.41) is 1.65. The Morgan fingerprint density at radius 3 is 2.36 bits per heavy atom. The van der Waals surface area contributed by atoms with Crippen LogP contribution in [0.25, 0.3) is 11.1 Å². The molecule has 2 aromatic carbocycles. The summed E-state index contributed by atoms with van der Waals surface area (Å²) in [6, 6.07) is 16.1. The molecular formula is C27H32Si. The van der Waals surface area contributed by atoms with Crippen LogP contribution in [0, 0.1) is 11.3 Å². The van der Waals surface area contributed by atoms with E-state index in [1.54, 1.807) is 21.9 Å². The maximum atomic E-state index is 2.66. The van der Waals surface area contributed by atoms with Gasteiger partial charge in [0, 0.05) is 11.3 Å². The van der Waals surface area contributed by atoms with Gasteiger partial charge in [0.15, 0.2) is 0 Å². The third kappa shape index (κ3) is 2.42. The first-order valence-electron chi connectivity index (χ1n) is 10.8. The van der Waals surface area contributed by atoms with Gasteiger partial charge in [-0.05, 0) is 46.1 Å². The smallest absolute Gasteiger partial charge is 0.0772 e. The predicted octanol–water partition coefficient (Wildman–Crippen LogP) is 7.31. The molecule has 2 unspecified atom stereocenters. The number of benzene rings is 2. The quantitative estimate of drug-likeness (QED) is 0.406. The standard InChI is InChI=1S/C27H32Si/c1-26(2)17-27(3,25-16-19(15-24(25)26)28(4,5)6)23-13-9-12-21-20-11-8-7-10-18(20)14-22(21)23/h7-13,15-16,25H,14,17H2,1-6H3. The fourth-order valence-corrected chi connectivity index (χ4v) is 7.53. The van der Waals surface area contributed by atoms with E-state index in [1.165, 1.54) is 23.1 Å². The highest BCUT2D eigenvalue weighted by molar-refractivity contribution is 6.83. The summed E-state index contributed by atoms with van der Waals surface area (Å²) in [7, 11) is -1.30. The van der Waals surface area contributed by atoms with Crippen LogP contribution in [-0.4, -0.2) is 8.07 Å². The van der Waals surface area contributed by atoms with E-state index in [0.717, 1.165) is 6.42 Å². The van der Waals surface area contributed by atoms with Gasteiger partial charge in [-0.2, -0.15) is 0 Å². The van der Waals surface area contributed by atoms with Gasteiger partial charge in [-0.15, -0.1) is 0 Å². The second-order valence-corrected chi connectivity index (χ2v) is 16.2. The van der Waals surface area contributed by atoms with Gasteiger partial charge in [0.05, 0.1) is 8.07 Å². The number of allylic oxidation sites excluding steroid dienone is 4. The lowest BCUT2D eigenvalue weighted by Crippen LogP contribution is -2.29. The molecule has 0 saturated heterocycles. The van der Waals surface area contributed by atoms with E-state index < -0.39 is 8.07 Å². The van der Waals surface area contributed by atoms with Crippen molar-refractivity contribution in [1.29, 1.82) is 0 Å². The Kier molecular flexibility index (Phi) is 3.64. The summed E-state index contributed by atoms with van der Waals surface area (Å²) in [4.78, 5) is 0. The zero-order valence-corrected chi connectivity index (χ0v) is 19.2. The van der Waals surface area contributed by atoms with E-state index in [1.807, 2.05) is 0 Å². The van der Waals surface area contributed by atoms with Gasteiger partial charge in [0.25, 0.3) is 0 Å². The van der Waals surface area contributed by atoms with Crippen molar-refractivity contribution in [3.8, 4) is 11.1 Å². The molecule has 0 heterocycles. The molecule has 3 aliphatic rings. The van der Waals surface area contributed by atoms with E-state index in [4.69, 9.17) is 0 Å². The first-order valence-corrected chi connectivity index (χ1v) is 14.3. The Hall–Kier alpha value is -1.86. The maximum Gasteiger partial charge on any atom is 0.0772 e. The Morgan fingerprint density at radius 2 is 1.61 bits per heavy atom. The predicted molar refractivity (Wildman–Crippen MR) is 123 cm³/mol. The van der Waals surface area contributed by atoms with Crippen molar-refractivity contribution in [2.24, 2.45) is 11.3 Å². The van der Waals surface area contributed by atoms with Crippen LogP contribution in [0.2, 0.25) is 19.6 Å². The molecule has 0 spiro atoms. The third-order valence-electron chi connectivity index (χ3n) is 7.60. The van der Waals surface area contributed by atoms with Crippen LogP contribution < -0.4 is 0 Å². The van der Waals surface area contributed by atoms with Crippen LogP contribution in [-0.2, 0) is 11.8 Å². The summed E-state index contributed by atoms with van der Waals surface area (Å²) >= 11 is 0. The fraction of sp³-hybridized carbons (Fsp3) is 0.407. The normalized spacial score (nSPS) is 27.1. The molecule has 0 amide bonds. The Bertz CT molecular complexity index is 1040. The topological polar surface area (TPSA) is 0 Å². The number of fused-ring (bicyclic) bond motifs is 4. The van der Waals surface area contributed by atoms with E-state index in [-0.39, 0.29) is 10.8 Å². The van der Waals surface area contributed by atoms with Crippen molar-refractivity contribution in [3.63, 3.8) is 0 Å². The Morgan fingerprint density at radius 1 is 0.893 bits per heavy atom. The number of hydrogen-bond acceptors (Lipinski definition) is 0. The van der Waals surface area contributed by atoms with E-state index in [9.17, 15) is 0 Å². The SMILES string of the molecule is CC1(C)CC(C)(c2cccc3c2Cc2ccccc2-3)C2C=C([Si](C)(C)C)C=C21. The summed E-state index contributed by atoms with van der Waals surface area (Å²) in [6.45, 7) is 14.9.